The highest BCUT2D eigenvalue weighted by Crippen LogP contribution is 2.31. The zero-order valence-corrected chi connectivity index (χ0v) is 8.42. The summed E-state index contributed by atoms with van der Waals surface area (Å²) in [6.07, 6.45) is 0. The van der Waals surface area contributed by atoms with Gasteiger partial charge in [0.1, 0.15) is 5.56 Å². The van der Waals surface area contributed by atoms with Gasteiger partial charge in [0.15, 0.2) is 5.75 Å². The van der Waals surface area contributed by atoms with Crippen LogP contribution in [0.25, 0.3) is 0 Å². The summed E-state index contributed by atoms with van der Waals surface area (Å²) < 4.78 is 4.54. The Hall–Kier alpha value is -1.71. The highest BCUT2D eigenvalue weighted by molar-refractivity contribution is 5.96. The summed E-state index contributed by atoms with van der Waals surface area (Å²) in [6.45, 7) is 3.49. The van der Waals surface area contributed by atoms with Crippen molar-refractivity contribution in [2.75, 3.05) is 12.8 Å². The SMILES string of the molecule is COC(=O)c1c(C)cc(C)c(N)c1O. The number of carbonyl (C=O) groups excluding carboxylic acids is 1. The summed E-state index contributed by atoms with van der Waals surface area (Å²) in [6, 6.07) is 1.74. The Morgan fingerprint density at radius 1 is 1.43 bits per heavy atom. The Bertz CT molecular complexity index is 385. The smallest absolute Gasteiger partial charge is 0.341 e. The fourth-order valence-electron chi connectivity index (χ4n) is 1.34. The molecule has 1 aromatic rings. The van der Waals surface area contributed by atoms with Crippen LogP contribution in [-0.2, 0) is 4.74 Å². The van der Waals surface area contributed by atoms with Gasteiger partial charge in [0.05, 0.1) is 12.8 Å². The predicted octanol–water partition coefficient (Wildman–Crippen LogP) is 1.38. The fraction of sp³-hybridized carbons (Fsp3) is 0.300. The zero-order chi connectivity index (χ0) is 10.9. The third-order valence-electron chi connectivity index (χ3n) is 2.13. The number of methoxy groups -OCH3 is 1. The van der Waals surface area contributed by atoms with Gasteiger partial charge in [0.25, 0.3) is 0 Å². The molecule has 0 heterocycles. The van der Waals surface area contributed by atoms with Gasteiger partial charge < -0.3 is 15.6 Å². The molecule has 1 aromatic carbocycles. The van der Waals surface area contributed by atoms with Crippen LogP contribution in [0.2, 0.25) is 0 Å². The van der Waals surface area contributed by atoms with Crippen molar-refractivity contribution in [1.29, 1.82) is 0 Å². The monoisotopic (exact) mass is 195 g/mol. The van der Waals surface area contributed by atoms with Crippen molar-refractivity contribution in [2.24, 2.45) is 0 Å². The molecule has 0 aliphatic heterocycles. The maximum atomic E-state index is 11.3. The number of aromatic hydroxyl groups is 1. The summed E-state index contributed by atoms with van der Waals surface area (Å²) in [5, 5.41) is 9.63. The molecule has 1 rings (SSSR count). The van der Waals surface area contributed by atoms with Gasteiger partial charge in [0.2, 0.25) is 0 Å². The van der Waals surface area contributed by atoms with Gasteiger partial charge in [-0.15, -0.1) is 0 Å². The second kappa shape index (κ2) is 3.57. The van der Waals surface area contributed by atoms with Gasteiger partial charge in [0, 0.05) is 0 Å². The van der Waals surface area contributed by atoms with Crippen LogP contribution in [0.5, 0.6) is 5.75 Å². The van der Waals surface area contributed by atoms with Crippen LogP contribution in [0.4, 0.5) is 5.69 Å². The number of esters is 1. The van der Waals surface area contributed by atoms with Crippen LogP contribution < -0.4 is 5.73 Å². The molecule has 0 spiro atoms. The third-order valence-corrected chi connectivity index (χ3v) is 2.13. The number of hydrogen-bond acceptors (Lipinski definition) is 4. The lowest BCUT2D eigenvalue weighted by atomic mass is 10.0. The predicted molar refractivity (Wildman–Crippen MR) is 53.3 cm³/mol. The van der Waals surface area contributed by atoms with E-state index >= 15 is 0 Å². The fourth-order valence-corrected chi connectivity index (χ4v) is 1.34. The molecule has 0 saturated carbocycles. The molecule has 0 bridgehead atoms. The van der Waals surface area contributed by atoms with Gasteiger partial charge >= 0.3 is 5.97 Å². The molecule has 0 atom stereocenters. The van der Waals surface area contributed by atoms with Crippen LogP contribution in [0.3, 0.4) is 0 Å². The highest BCUT2D eigenvalue weighted by Gasteiger charge is 2.18. The first-order valence-corrected chi connectivity index (χ1v) is 4.16. The van der Waals surface area contributed by atoms with Gasteiger partial charge in [-0.2, -0.15) is 0 Å². The number of rotatable bonds is 1. The van der Waals surface area contributed by atoms with Crippen LogP contribution in [-0.4, -0.2) is 18.2 Å². The van der Waals surface area contributed by atoms with Crippen LogP contribution >= 0.6 is 0 Å². The molecule has 3 N–H and O–H groups in total. The summed E-state index contributed by atoms with van der Waals surface area (Å²) in [4.78, 5) is 11.3. The van der Waals surface area contributed by atoms with E-state index in [4.69, 9.17) is 5.73 Å². The van der Waals surface area contributed by atoms with E-state index < -0.39 is 5.97 Å². The molecule has 4 heteroatoms. The van der Waals surface area contributed by atoms with E-state index in [1.165, 1.54) is 7.11 Å². The normalized spacial score (nSPS) is 9.93. The van der Waals surface area contributed by atoms with Gasteiger partial charge in [-0.1, -0.05) is 6.07 Å². The number of carbonyl (C=O) groups is 1. The largest absolute Gasteiger partial charge is 0.505 e. The lowest BCUT2D eigenvalue weighted by molar-refractivity contribution is 0.0596. The molecule has 0 fully saturated rings. The van der Waals surface area contributed by atoms with Crippen molar-refractivity contribution in [1.82, 2.24) is 0 Å². The average Bonchev–Trinajstić information content (AvgIpc) is 2.14. The lowest BCUT2D eigenvalue weighted by Crippen LogP contribution is -2.06. The molecule has 14 heavy (non-hydrogen) atoms. The minimum absolute atomic E-state index is 0.135. The van der Waals surface area contributed by atoms with Crippen molar-refractivity contribution in [3.05, 3.63) is 22.8 Å². The Morgan fingerprint density at radius 2 is 2.00 bits per heavy atom. The van der Waals surface area contributed by atoms with Gasteiger partial charge in [-0.3, -0.25) is 0 Å². The number of phenols is 1. The maximum absolute atomic E-state index is 11.3. The maximum Gasteiger partial charge on any atom is 0.341 e. The number of ether oxygens (including phenoxy) is 1. The van der Waals surface area contributed by atoms with Crippen LogP contribution in [0.15, 0.2) is 6.07 Å². The van der Waals surface area contributed by atoms with Crippen molar-refractivity contribution in [2.45, 2.75) is 13.8 Å². The molecule has 0 unspecified atom stereocenters. The summed E-state index contributed by atoms with van der Waals surface area (Å²) in [5.74, 6) is -0.777. The van der Waals surface area contributed by atoms with Crippen molar-refractivity contribution in [3.63, 3.8) is 0 Å². The summed E-state index contributed by atoms with van der Waals surface area (Å²) >= 11 is 0. The Kier molecular flexibility index (Phi) is 2.65. The number of aryl methyl sites for hydroxylation is 2. The van der Waals surface area contributed by atoms with Gasteiger partial charge in [-0.05, 0) is 25.0 Å². The Labute approximate surface area is 82.3 Å². The zero-order valence-electron chi connectivity index (χ0n) is 8.42. The van der Waals surface area contributed by atoms with Crippen molar-refractivity contribution in [3.8, 4) is 5.75 Å². The van der Waals surface area contributed by atoms with Crippen molar-refractivity contribution >= 4 is 11.7 Å². The quantitative estimate of drug-likeness (QED) is 0.403. The van der Waals surface area contributed by atoms with E-state index in [-0.39, 0.29) is 17.0 Å². The molecule has 76 valence electrons. The lowest BCUT2D eigenvalue weighted by Gasteiger charge is -2.10. The standard InChI is InChI=1S/C10H13NO3/c1-5-4-6(2)8(11)9(12)7(5)10(13)14-3/h4,12H,11H2,1-3H3. The highest BCUT2D eigenvalue weighted by atomic mass is 16.5. The minimum atomic E-state index is -0.577. The number of hydrogen-bond donors (Lipinski definition) is 2. The molecule has 0 aromatic heterocycles. The summed E-state index contributed by atoms with van der Waals surface area (Å²) in [7, 11) is 1.26. The number of anilines is 1. The Morgan fingerprint density at radius 3 is 2.50 bits per heavy atom. The third kappa shape index (κ3) is 1.51. The number of benzene rings is 1. The van der Waals surface area contributed by atoms with Crippen LogP contribution in [0, 0.1) is 13.8 Å². The van der Waals surface area contributed by atoms with Crippen molar-refractivity contribution < 1.29 is 14.6 Å². The molecule has 0 aliphatic carbocycles. The van der Waals surface area contributed by atoms with E-state index in [2.05, 4.69) is 4.74 Å². The van der Waals surface area contributed by atoms with Crippen LogP contribution in [0.1, 0.15) is 21.5 Å². The van der Waals surface area contributed by atoms with Gasteiger partial charge in [-0.25, -0.2) is 4.79 Å². The molecule has 4 nitrogen and oxygen atoms in total. The molecule has 0 aliphatic rings. The molecular formula is C10H13NO3. The number of phenolic OH excluding ortho intramolecular Hbond substituents is 1. The Balaban J connectivity index is 3.44. The van der Waals surface area contributed by atoms with E-state index in [9.17, 15) is 9.90 Å². The molecular weight excluding hydrogens is 182 g/mol. The average molecular weight is 195 g/mol. The first-order chi connectivity index (χ1) is 6.49. The summed E-state index contributed by atoms with van der Waals surface area (Å²) in [5.41, 5.74) is 7.34. The second-order valence-corrected chi connectivity index (χ2v) is 3.14. The second-order valence-electron chi connectivity index (χ2n) is 3.14. The molecule has 0 saturated heterocycles. The number of nitrogens with two attached hydrogens (primary N) is 1. The minimum Gasteiger partial charge on any atom is -0.505 e. The van der Waals surface area contributed by atoms with E-state index in [1.54, 1.807) is 19.9 Å². The topological polar surface area (TPSA) is 72.5 Å². The molecule has 0 radical (unpaired) electrons. The first kappa shape index (κ1) is 10.4. The van der Waals surface area contributed by atoms with E-state index in [0.29, 0.717) is 5.56 Å². The molecule has 0 amide bonds. The first-order valence-electron chi connectivity index (χ1n) is 4.16. The van der Waals surface area contributed by atoms with E-state index in [1.807, 2.05) is 0 Å². The number of nitrogen functional groups attached to an aromatic ring is 1. The van der Waals surface area contributed by atoms with E-state index in [0.717, 1.165) is 5.56 Å².